The van der Waals surface area contributed by atoms with E-state index in [1.807, 2.05) is 6.08 Å². The number of carbonyl (C=O) groups is 3. The second-order valence-electron chi connectivity index (χ2n) is 7.74. The molecule has 0 aromatic rings. The number of carbonyl (C=O) groups excluding carboxylic acids is 1. The van der Waals surface area contributed by atoms with Gasteiger partial charge in [-0.1, -0.05) is 77.2 Å². The molecule has 0 rings (SSSR count). The molecule has 0 aliphatic rings. The number of carboxylic acid groups (broad SMARTS) is 2. The van der Waals surface area contributed by atoms with Crippen LogP contribution in [0.1, 0.15) is 90.4 Å². The lowest BCUT2D eigenvalue weighted by Gasteiger charge is -2.06. The van der Waals surface area contributed by atoms with Crippen molar-refractivity contribution in [1.29, 1.82) is 0 Å². The molecule has 2 atom stereocenters. The van der Waals surface area contributed by atoms with Crippen molar-refractivity contribution in [3.05, 3.63) is 12.2 Å². The van der Waals surface area contributed by atoms with Crippen molar-refractivity contribution in [2.24, 2.45) is 5.73 Å². The van der Waals surface area contributed by atoms with Gasteiger partial charge < -0.3 is 30.9 Å². The average Bonchev–Trinajstić information content (AvgIpc) is 2.75. The van der Waals surface area contributed by atoms with E-state index >= 15 is 0 Å². The van der Waals surface area contributed by atoms with Gasteiger partial charge in [-0.25, -0.2) is 4.79 Å². The summed E-state index contributed by atoms with van der Waals surface area (Å²) in [4.78, 5) is 30.9. The molecule has 0 heterocycles. The van der Waals surface area contributed by atoms with Crippen LogP contribution >= 0.6 is 0 Å². The van der Waals surface area contributed by atoms with Crippen LogP contribution in [-0.2, 0) is 19.1 Å². The van der Waals surface area contributed by atoms with Gasteiger partial charge in [-0.3, -0.25) is 9.59 Å². The summed E-state index contributed by atoms with van der Waals surface area (Å²) in [6, 6.07) is -1.29. The third-order valence-electron chi connectivity index (χ3n) is 4.57. The van der Waals surface area contributed by atoms with Crippen molar-refractivity contribution < 1.29 is 39.5 Å². The molecule has 188 valence electrons. The first-order chi connectivity index (χ1) is 15.2. The van der Waals surface area contributed by atoms with Crippen LogP contribution in [0.4, 0.5) is 0 Å². The number of rotatable bonds is 19. The molecule has 0 aromatic carbocycles. The van der Waals surface area contributed by atoms with Crippen LogP contribution in [0.2, 0.25) is 0 Å². The zero-order valence-electron chi connectivity index (χ0n) is 19.4. The highest BCUT2D eigenvalue weighted by Gasteiger charge is 2.14. The molecular weight excluding hydrogens is 418 g/mol. The number of aliphatic hydroxyl groups is 2. The number of nitrogens with two attached hydrogens (primary N) is 1. The number of hydrogen-bond donors (Lipinski definition) is 5. The molecule has 0 aliphatic carbocycles. The molecule has 0 radical (unpaired) electrons. The Labute approximate surface area is 191 Å². The van der Waals surface area contributed by atoms with E-state index in [1.54, 1.807) is 0 Å². The highest BCUT2D eigenvalue weighted by molar-refractivity contribution is 5.81. The zero-order chi connectivity index (χ0) is 24.6. The second-order valence-corrected chi connectivity index (χ2v) is 7.74. The van der Waals surface area contributed by atoms with E-state index < -0.39 is 43.1 Å². The van der Waals surface area contributed by atoms with Gasteiger partial charge in [-0.15, -0.1) is 0 Å². The fourth-order valence-electron chi connectivity index (χ4n) is 2.66. The van der Waals surface area contributed by atoms with Crippen molar-refractivity contribution >= 4 is 17.9 Å². The number of unbranched alkanes of at least 4 members (excludes halogenated alkanes) is 11. The molecule has 6 N–H and O–H groups in total. The predicted molar refractivity (Wildman–Crippen MR) is 122 cm³/mol. The lowest BCUT2D eigenvalue weighted by atomic mass is 10.1. The lowest BCUT2D eigenvalue weighted by Crippen LogP contribution is -2.32. The molecule has 2 unspecified atom stereocenters. The number of allylic oxidation sites excluding steroid dienone is 1. The summed E-state index contributed by atoms with van der Waals surface area (Å²) < 4.78 is 4.77. The predicted octanol–water partition coefficient (Wildman–Crippen LogP) is 3.01. The lowest BCUT2D eigenvalue weighted by molar-refractivity contribution is -0.144. The van der Waals surface area contributed by atoms with E-state index in [9.17, 15) is 14.4 Å². The van der Waals surface area contributed by atoms with E-state index in [2.05, 4.69) is 6.92 Å². The third-order valence-corrected chi connectivity index (χ3v) is 4.57. The van der Waals surface area contributed by atoms with E-state index in [0.29, 0.717) is 0 Å². The number of ether oxygens (including phenoxy) is 1. The summed E-state index contributed by atoms with van der Waals surface area (Å²) in [5.41, 5.74) is 4.84. The molecule has 0 aliphatic heterocycles. The normalized spacial score (nSPS) is 12.6. The summed E-state index contributed by atoms with van der Waals surface area (Å²) in [5, 5.41) is 33.7. The van der Waals surface area contributed by atoms with Crippen LogP contribution in [0, 0.1) is 0 Å². The summed E-state index contributed by atoms with van der Waals surface area (Å²) in [7, 11) is 0. The molecule has 0 amide bonds. The zero-order valence-corrected chi connectivity index (χ0v) is 19.4. The van der Waals surface area contributed by atoms with Gasteiger partial charge in [0.15, 0.2) is 0 Å². The maximum Gasteiger partial charge on any atom is 0.330 e. The Hall–Kier alpha value is -1.97. The average molecular weight is 462 g/mol. The first-order valence-electron chi connectivity index (χ1n) is 11.6. The number of esters is 1. The van der Waals surface area contributed by atoms with Gasteiger partial charge in [0, 0.05) is 6.08 Å². The Morgan fingerprint density at radius 1 is 0.906 bits per heavy atom. The smallest absolute Gasteiger partial charge is 0.330 e. The largest absolute Gasteiger partial charge is 0.481 e. The van der Waals surface area contributed by atoms with E-state index in [0.717, 1.165) is 12.8 Å². The van der Waals surface area contributed by atoms with E-state index in [-0.39, 0.29) is 6.61 Å². The summed E-state index contributed by atoms with van der Waals surface area (Å²) in [6.45, 7) is 1.70. The first kappa shape index (κ1) is 32.2. The third kappa shape index (κ3) is 26.1. The molecule has 9 heteroatoms. The molecule has 32 heavy (non-hydrogen) atoms. The number of hydrogen-bond acceptors (Lipinski definition) is 7. The molecule has 0 bridgehead atoms. The molecule has 9 nitrogen and oxygen atoms in total. The van der Waals surface area contributed by atoms with Crippen molar-refractivity contribution in [3.63, 3.8) is 0 Å². The Kier molecular flexibility index (Phi) is 23.8. The van der Waals surface area contributed by atoms with Gasteiger partial charge in [0.1, 0.15) is 18.8 Å². The fraction of sp³-hybridized carbons (Fsp3) is 0.783. The minimum absolute atomic E-state index is 0.155. The maximum atomic E-state index is 11.3. The van der Waals surface area contributed by atoms with E-state index in [1.165, 1.54) is 70.3 Å². The monoisotopic (exact) mass is 461 g/mol. The molecule has 0 spiro atoms. The number of aliphatic carboxylic acids is 2. The topological polar surface area (TPSA) is 167 Å². The molecule has 0 saturated carbocycles. The highest BCUT2D eigenvalue weighted by atomic mass is 16.5. The van der Waals surface area contributed by atoms with Crippen molar-refractivity contribution in [2.45, 2.75) is 103 Å². The van der Waals surface area contributed by atoms with Crippen molar-refractivity contribution in [3.8, 4) is 0 Å². The fourth-order valence-corrected chi connectivity index (χ4v) is 2.66. The van der Waals surface area contributed by atoms with Crippen LogP contribution in [0.5, 0.6) is 0 Å². The van der Waals surface area contributed by atoms with Crippen LogP contribution in [0.3, 0.4) is 0 Å². The highest BCUT2D eigenvalue weighted by Crippen LogP contribution is 2.12. The Morgan fingerprint density at radius 2 is 1.41 bits per heavy atom. The first-order valence-corrected chi connectivity index (χ1v) is 11.6. The molecule has 0 fully saturated rings. The van der Waals surface area contributed by atoms with E-state index in [4.69, 9.17) is 30.9 Å². The Bertz CT molecular complexity index is 510. The van der Waals surface area contributed by atoms with Crippen molar-refractivity contribution in [2.75, 3.05) is 13.2 Å². The van der Waals surface area contributed by atoms with Crippen LogP contribution in [0.15, 0.2) is 12.2 Å². The molecule has 0 aromatic heterocycles. The number of aliphatic hydroxyl groups excluding tert-OH is 2. The standard InChI is InChI=1S/C19H36O4.C4H7NO4/c1-2-3-4-5-6-7-8-9-10-11-12-13-14-15-19(22)23-17-18(21)16-20;5-2(4(8)9)1-3(6)7/h14-15,18,20-21H,2-13,16-17H2,1H3;2H,1,5H2,(H,6,7)(H,8,9)/b15-14+;. The minimum atomic E-state index is -1.29. The second kappa shape index (κ2) is 23.7. The van der Waals surface area contributed by atoms with Gasteiger partial charge in [-0.2, -0.15) is 0 Å². The maximum absolute atomic E-state index is 11.3. The summed E-state index contributed by atoms with van der Waals surface area (Å²) in [5.74, 6) is -2.96. The van der Waals surface area contributed by atoms with Gasteiger partial charge in [0.25, 0.3) is 0 Å². The Balaban J connectivity index is 0. The van der Waals surface area contributed by atoms with Crippen LogP contribution < -0.4 is 5.73 Å². The van der Waals surface area contributed by atoms with Crippen LogP contribution in [0.25, 0.3) is 0 Å². The summed E-state index contributed by atoms with van der Waals surface area (Å²) >= 11 is 0. The van der Waals surface area contributed by atoms with Crippen molar-refractivity contribution in [1.82, 2.24) is 0 Å². The van der Waals surface area contributed by atoms with Crippen LogP contribution in [-0.4, -0.2) is 63.7 Å². The Morgan fingerprint density at radius 3 is 1.81 bits per heavy atom. The summed E-state index contributed by atoms with van der Waals surface area (Å²) in [6.07, 6.45) is 17.1. The van der Waals surface area contributed by atoms with Gasteiger partial charge in [0.05, 0.1) is 13.0 Å². The number of carboxylic acids is 2. The van der Waals surface area contributed by atoms with Gasteiger partial charge in [-0.05, 0) is 12.8 Å². The van der Waals surface area contributed by atoms with Gasteiger partial charge in [0.2, 0.25) is 0 Å². The molecular formula is C23H43NO8. The minimum Gasteiger partial charge on any atom is -0.481 e. The SMILES string of the molecule is CCCCCCCCCCCCC/C=C/C(=O)OCC(O)CO.NC(CC(=O)O)C(=O)O. The molecule has 0 saturated heterocycles. The van der Waals surface area contributed by atoms with Gasteiger partial charge >= 0.3 is 17.9 Å². The quantitative estimate of drug-likeness (QED) is 0.110.